The Morgan fingerprint density at radius 2 is 1.94 bits per heavy atom. The van der Waals surface area contributed by atoms with Crippen LogP contribution in [0.25, 0.3) is 0 Å². The van der Waals surface area contributed by atoms with Crippen molar-refractivity contribution in [2.24, 2.45) is 5.92 Å². The Morgan fingerprint density at radius 1 is 1.35 bits per heavy atom. The van der Waals surface area contributed by atoms with Crippen LogP contribution in [-0.4, -0.2) is 19.0 Å². The summed E-state index contributed by atoms with van der Waals surface area (Å²) in [5.41, 5.74) is 3.56. The van der Waals surface area contributed by atoms with Crippen LogP contribution < -0.4 is 0 Å². The normalized spacial score (nSPS) is 16.9. The molecule has 0 bridgehead atoms. The van der Waals surface area contributed by atoms with Gasteiger partial charge in [-0.25, -0.2) is 0 Å². The summed E-state index contributed by atoms with van der Waals surface area (Å²) in [5.74, 6) is 0.698. The third-order valence-corrected chi connectivity index (χ3v) is 3.62. The van der Waals surface area contributed by atoms with Gasteiger partial charge in [-0.1, -0.05) is 18.2 Å². The number of methoxy groups -OCH3 is 1. The monoisotopic (exact) mass is 232 g/mol. The Morgan fingerprint density at radius 3 is 2.41 bits per heavy atom. The Kier molecular flexibility index (Phi) is 3.63. The number of ether oxygens (including phenoxy) is 1. The summed E-state index contributed by atoms with van der Waals surface area (Å²) >= 11 is 0. The molecule has 1 fully saturated rings. The maximum Gasteiger partial charge on any atom is 0.166 e. The molecular weight excluding hydrogens is 212 g/mol. The molecule has 1 aliphatic rings. The molecule has 17 heavy (non-hydrogen) atoms. The number of benzene rings is 1. The fourth-order valence-corrected chi connectivity index (χ4v) is 2.39. The Balaban J connectivity index is 2.12. The molecule has 1 unspecified atom stereocenters. The molecular formula is C15H20O2. The van der Waals surface area contributed by atoms with Gasteiger partial charge in [0.05, 0.1) is 0 Å². The number of carbonyl (C=O) groups is 1. The molecule has 0 saturated heterocycles. The van der Waals surface area contributed by atoms with E-state index in [0.29, 0.717) is 12.3 Å². The van der Waals surface area contributed by atoms with Crippen molar-refractivity contribution in [1.29, 1.82) is 0 Å². The number of carbonyl (C=O) groups excluding carboxylic acids is 1. The zero-order valence-electron chi connectivity index (χ0n) is 10.8. The van der Waals surface area contributed by atoms with Crippen molar-refractivity contribution in [1.82, 2.24) is 0 Å². The number of ketones is 1. The average molecular weight is 232 g/mol. The molecule has 1 aromatic rings. The predicted molar refractivity (Wildman–Crippen MR) is 68.1 cm³/mol. The molecule has 0 heterocycles. The highest BCUT2D eigenvalue weighted by Crippen LogP contribution is 2.35. The Hall–Kier alpha value is -1.15. The fourth-order valence-electron chi connectivity index (χ4n) is 2.39. The smallest absolute Gasteiger partial charge is 0.166 e. The summed E-state index contributed by atoms with van der Waals surface area (Å²) in [7, 11) is 1.64. The third-order valence-electron chi connectivity index (χ3n) is 3.62. The van der Waals surface area contributed by atoms with Crippen LogP contribution in [0, 0.1) is 19.8 Å². The van der Waals surface area contributed by atoms with Gasteiger partial charge in [-0.3, -0.25) is 4.79 Å². The van der Waals surface area contributed by atoms with Gasteiger partial charge in [-0.15, -0.1) is 0 Å². The van der Waals surface area contributed by atoms with Crippen molar-refractivity contribution < 1.29 is 9.53 Å². The molecule has 2 heteroatoms. The molecule has 2 nitrogen and oxygen atoms in total. The lowest BCUT2D eigenvalue weighted by Gasteiger charge is -2.15. The van der Waals surface area contributed by atoms with Crippen LogP contribution in [0.2, 0.25) is 0 Å². The molecule has 0 aliphatic heterocycles. The molecule has 0 N–H and O–H groups in total. The van der Waals surface area contributed by atoms with Crippen LogP contribution in [0.5, 0.6) is 0 Å². The highest BCUT2D eigenvalue weighted by Gasteiger charge is 2.36. The van der Waals surface area contributed by atoms with E-state index in [1.165, 1.54) is 16.7 Å². The van der Waals surface area contributed by atoms with Crippen molar-refractivity contribution in [3.8, 4) is 0 Å². The SMILES string of the molecule is COC(C(=O)Cc1c(C)cccc1C)C1CC1. The second-order valence-electron chi connectivity index (χ2n) is 5.01. The van der Waals surface area contributed by atoms with E-state index in [9.17, 15) is 4.79 Å². The molecule has 1 atom stereocenters. The maximum atomic E-state index is 12.2. The molecule has 0 radical (unpaired) electrons. The summed E-state index contributed by atoms with van der Waals surface area (Å²) in [5, 5.41) is 0. The maximum absolute atomic E-state index is 12.2. The first-order valence-electron chi connectivity index (χ1n) is 6.24. The summed E-state index contributed by atoms with van der Waals surface area (Å²) in [4.78, 5) is 12.2. The minimum atomic E-state index is -0.186. The summed E-state index contributed by atoms with van der Waals surface area (Å²) in [6, 6.07) is 6.16. The first-order chi connectivity index (χ1) is 8.13. The largest absolute Gasteiger partial charge is 0.373 e. The summed E-state index contributed by atoms with van der Waals surface area (Å²) in [6.07, 6.45) is 2.59. The van der Waals surface area contributed by atoms with E-state index in [1.807, 2.05) is 6.07 Å². The van der Waals surface area contributed by atoms with Crippen molar-refractivity contribution in [3.05, 3.63) is 34.9 Å². The van der Waals surface area contributed by atoms with Gasteiger partial charge in [0.2, 0.25) is 0 Å². The van der Waals surface area contributed by atoms with E-state index in [-0.39, 0.29) is 11.9 Å². The molecule has 1 aromatic carbocycles. The van der Waals surface area contributed by atoms with Gasteiger partial charge in [0, 0.05) is 13.5 Å². The van der Waals surface area contributed by atoms with Crippen molar-refractivity contribution in [2.45, 2.75) is 39.2 Å². The van der Waals surface area contributed by atoms with Gasteiger partial charge < -0.3 is 4.74 Å². The van der Waals surface area contributed by atoms with Gasteiger partial charge in [-0.2, -0.15) is 0 Å². The number of hydrogen-bond acceptors (Lipinski definition) is 2. The van der Waals surface area contributed by atoms with E-state index in [2.05, 4.69) is 26.0 Å². The first-order valence-corrected chi connectivity index (χ1v) is 6.24. The van der Waals surface area contributed by atoms with E-state index in [0.717, 1.165) is 12.8 Å². The zero-order valence-corrected chi connectivity index (χ0v) is 10.8. The lowest BCUT2D eigenvalue weighted by molar-refractivity contribution is -0.129. The predicted octanol–water partition coefficient (Wildman–Crippen LogP) is 2.84. The Labute approximate surface area is 103 Å². The van der Waals surface area contributed by atoms with Gasteiger partial charge in [0.25, 0.3) is 0 Å². The second kappa shape index (κ2) is 5.01. The van der Waals surface area contributed by atoms with Crippen molar-refractivity contribution in [2.75, 3.05) is 7.11 Å². The van der Waals surface area contributed by atoms with Crippen molar-refractivity contribution >= 4 is 5.78 Å². The molecule has 1 aliphatic carbocycles. The van der Waals surface area contributed by atoms with E-state index in [4.69, 9.17) is 4.74 Å². The molecule has 0 spiro atoms. The van der Waals surface area contributed by atoms with Crippen molar-refractivity contribution in [3.63, 3.8) is 0 Å². The molecule has 1 saturated carbocycles. The van der Waals surface area contributed by atoms with Crippen LogP contribution in [-0.2, 0) is 16.0 Å². The van der Waals surface area contributed by atoms with Crippen LogP contribution in [0.3, 0.4) is 0 Å². The fraction of sp³-hybridized carbons (Fsp3) is 0.533. The molecule has 2 rings (SSSR count). The molecule has 0 aromatic heterocycles. The minimum Gasteiger partial charge on any atom is -0.373 e. The number of aryl methyl sites for hydroxylation is 2. The van der Waals surface area contributed by atoms with Crippen LogP contribution in [0.1, 0.15) is 29.5 Å². The van der Waals surface area contributed by atoms with Gasteiger partial charge in [0.1, 0.15) is 6.10 Å². The van der Waals surface area contributed by atoms with Gasteiger partial charge in [-0.05, 0) is 49.3 Å². The van der Waals surface area contributed by atoms with Crippen LogP contribution in [0.4, 0.5) is 0 Å². The lowest BCUT2D eigenvalue weighted by Crippen LogP contribution is -2.27. The standard InChI is InChI=1S/C15H20O2/c1-10-5-4-6-11(2)13(10)9-14(16)15(17-3)12-7-8-12/h4-6,12,15H,7-9H2,1-3H3. The lowest BCUT2D eigenvalue weighted by atomic mass is 9.95. The van der Waals surface area contributed by atoms with Gasteiger partial charge in [0.15, 0.2) is 5.78 Å². The number of hydrogen-bond donors (Lipinski definition) is 0. The van der Waals surface area contributed by atoms with E-state index in [1.54, 1.807) is 7.11 Å². The molecule has 92 valence electrons. The summed E-state index contributed by atoms with van der Waals surface area (Å²) in [6.45, 7) is 4.13. The van der Waals surface area contributed by atoms with Crippen LogP contribution in [0.15, 0.2) is 18.2 Å². The second-order valence-corrected chi connectivity index (χ2v) is 5.01. The highest BCUT2D eigenvalue weighted by molar-refractivity contribution is 5.86. The topological polar surface area (TPSA) is 26.3 Å². The third kappa shape index (κ3) is 2.75. The van der Waals surface area contributed by atoms with Gasteiger partial charge >= 0.3 is 0 Å². The zero-order chi connectivity index (χ0) is 12.4. The van der Waals surface area contributed by atoms with E-state index < -0.39 is 0 Å². The molecule has 0 amide bonds. The summed E-state index contributed by atoms with van der Waals surface area (Å²) < 4.78 is 5.34. The quantitative estimate of drug-likeness (QED) is 0.780. The highest BCUT2D eigenvalue weighted by atomic mass is 16.5. The minimum absolute atomic E-state index is 0.186. The Bertz CT molecular complexity index is 399. The van der Waals surface area contributed by atoms with Crippen LogP contribution >= 0.6 is 0 Å². The number of Topliss-reactive ketones (excluding diaryl/α,β-unsaturated/α-hetero) is 1. The number of rotatable bonds is 5. The average Bonchev–Trinajstić information content (AvgIpc) is 3.09. The van der Waals surface area contributed by atoms with E-state index >= 15 is 0 Å². The first kappa shape index (κ1) is 12.3.